The van der Waals surface area contributed by atoms with E-state index in [1.807, 2.05) is 20.8 Å². The van der Waals surface area contributed by atoms with Gasteiger partial charge in [-0.15, -0.1) is 0 Å². The van der Waals surface area contributed by atoms with Gasteiger partial charge in [0.05, 0.1) is 0 Å². The van der Waals surface area contributed by atoms with Crippen molar-refractivity contribution >= 4 is 5.78 Å². The van der Waals surface area contributed by atoms with Crippen LogP contribution in [0.1, 0.15) is 37.6 Å². The zero-order valence-corrected chi connectivity index (χ0v) is 10.1. The first kappa shape index (κ1) is 12.7. The van der Waals surface area contributed by atoms with Crippen LogP contribution in [0.5, 0.6) is 5.75 Å². The van der Waals surface area contributed by atoms with Gasteiger partial charge >= 0.3 is 0 Å². The van der Waals surface area contributed by atoms with E-state index in [1.54, 1.807) is 24.3 Å². The van der Waals surface area contributed by atoms with Gasteiger partial charge in [0.1, 0.15) is 12.4 Å². The van der Waals surface area contributed by atoms with Gasteiger partial charge in [0.15, 0.2) is 5.78 Å². The Balaban J connectivity index is 2.62. The van der Waals surface area contributed by atoms with Gasteiger partial charge in [-0.05, 0) is 38.1 Å². The summed E-state index contributed by atoms with van der Waals surface area (Å²) in [5.41, 5.74) is 6.18. The SMILES string of the molecule is CCC(=O)c1ccc(OCC(C)(C)N)cc1. The normalized spacial score (nSPS) is 11.2. The second-order valence-corrected chi connectivity index (χ2v) is 4.58. The van der Waals surface area contributed by atoms with Gasteiger partial charge in [-0.25, -0.2) is 0 Å². The molecule has 1 aromatic rings. The molecule has 2 N–H and O–H groups in total. The first-order chi connectivity index (χ1) is 7.42. The highest BCUT2D eigenvalue weighted by Gasteiger charge is 2.11. The van der Waals surface area contributed by atoms with E-state index in [9.17, 15) is 4.79 Å². The molecule has 3 nitrogen and oxygen atoms in total. The molecule has 16 heavy (non-hydrogen) atoms. The van der Waals surface area contributed by atoms with Gasteiger partial charge in [-0.3, -0.25) is 4.79 Å². The Morgan fingerprint density at radius 2 is 1.88 bits per heavy atom. The van der Waals surface area contributed by atoms with Crippen LogP contribution in [-0.4, -0.2) is 17.9 Å². The predicted molar refractivity (Wildman–Crippen MR) is 64.8 cm³/mol. The number of hydrogen-bond acceptors (Lipinski definition) is 3. The predicted octanol–water partition coefficient (Wildman–Crippen LogP) is 2.40. The van der Waals surface area contributed by atoms with Crippen molar-refractivity contribution in [1.29, 1.82) is 0 Å². The number of carbonyl (C=O) groups excluding carboxylic acids is 1. The Kier molecular flexibility index (Phi) is 4.07. The van der Waals surface area contributed by atoms with E-state index < -0.39 is 0 Å². The summed E-state index contributed by atoms with van der Waals surface area (Å²) < 4.78 is 5.50. The Morgan fingerprint density at radius 3 is 2.31 bits per heavy atom. The van der Waals surface area contributed by atoms with Crippen molar-refractivity contribution in [1.82, 2.24) is 0 Å². The van der Waals surface area contributed by atoms with Crippen LogP contribution in [0.4, 0.5) is 0 Å². The largest absolute Gasteiger partial charge is 0.492 e. The van der Waals surface area contributed by atoms with Crippen molar-refractivity contribution in [3.05, 3.63) is 29.8 Å². The number of ether oxygens (including phenoxy) is 1. The highest BCUT2D eigenvalue weighted by Crippen LogP contribution is 2.14. The van der Waals surface area contributed by atoms with E-state index in [2.05, 4.69) is 0 Å². The van der Waals surface area contributed by atoms with Crippen molar-refractivity contribution in [3.63, 3.8) is 0 Å². The molecule has 0 saturated heterocycles. The van der Waals surface area contributed by atoms with Crippen LogP contribution in [0.3, 0.4) is 0 Å². The first-order valence-electron chi connectivity index (χ1n) is 5.47. The lowest BCUT2D eigenvalue weighted by atomic mass is 10.1. The molecule has 0 aromatic heterocycles. The van der Waals surface area contributed by atoms with Crippen LogP contribution >= 0.6 is 0 Å². The lowest BCUT2D eigenvalue weighted by Crippen LogP contribution is -2.38. The molecule has 0 aliphatic heterocycles. The molecule has 0 radical (unpaired) electrons. The van der Waals surface area contributed by atoms with Crippen LogP contribution in [-0.2, 0) is 0 Å². The first-order valence-corrected chi connectivity index (χ1v) is 5.47. The zero-order valence-electron chi connectivity index (χ0n) is 10.1. The van der Waals surface area contributed by atoms with Crippen molar-refractivity contribution in [3.8, 4) is 5.75 Å². The lowest BCUT2D eigenvalue weighted by Gasteiger charge is -2.18. The molecule has 1 aromatic carbocycles. The molecule has 0 fully saturated rings. The van der Waals surface area contributed by atoms with Crippen LogP contribution in [0.15, 0.2) is 24.3 Å². The average molecular weight is 221 g/mol. The molecule has 88 valence electrons. The second kappa shape index (κ2) is 5.12. The van der Waals surface area contributed by atoms with Crippen molar-refractivity contribution < 1.29 is 9.53 Å². The fourth-order valence-electron chi connectivity index (χ4n) is 1.21. The van der Waals surface area contributed by atoms with Gasteiger partial charge in [0, 0.05) is 17.5 Å². The third kappa shape index (κ3) is 4.03. The molecule has 0 unspecified atom stereocenters. The van der Waals surface area contributed by atoms with Gasteiger partial charge in [-0.2, -0.15) is 0 Å². The van der Waals surface area contributed by atoms with E-state index in [0.29, 0.717) is 13.0 Å². The van der Waals surface area contributed by atoms with E-state index in [-0.39, 0.29) is 11.3 Å². The fraction of sp³-hybridized carbons (Fsp3) is 0.462. The molecule has 0 spiro atoms. The number of rotatable bonds is 5. The van der Waals surface area contributed by atoms with Crippen LogP contribution < -0.4 is 10.5 Å². The Hall–Kier alpha value is -1.35. The van der Waals surface area contributed by atoms with Gasteiger partial charge < -0.3 is 10.5 Å². The number of benzene rings is 1. The zero-order chi connectivity index (χ0) is 12.2. The maximum absolute atomic E-state index is 11.4. The van der Waals surface area contributed by atoms with Gasteiger partial charge in [-0.1, -0.05) is 6.92 Å². The minimum atomic E-state index is -0.349. The van der Waals surface area contributed by atoms with Crippen molar-refractivity contribution in [2.75, 3.05) is 6.61 Å². The summed E-state index contributed by atoms with van der Waals surface area (Å²) in [6.07, 6.45) is 0.524. The lowest BCUT2D eigenvalue weighted by molar-refractivity contribution is 0.0988. The molecule has 0 bridgehead atoms. The summed E-state index contributed by atoms with van der Waals surface area (Å²) in [4.78, 5) is 11.4. The molecule has 1 rings (SSSR count). The standard InChI is InChI=1S/C13H19NO2/c1-4-12(15)10-5-7-11(8-6-10)16-9-13(2,3)14/h5-8H,4,9,14H2,1-3H3. The number of hydrogen-bond donors (Lipinski definition) is 1. The Labute approximate surface area is 96.6 Å². The van der Waals surface area contributed by atoms with Crippen molar-refractivity contribution in [2.45, 2.75) is 32.7 Å². The minimum Gasteiger partial charge on any atom is -0.492 e. The highest BCUT2D eigenvalue weighted by molar-refractivity contribution is 5.95. The molecule has 0 amide bonds. The Bertz CT molecular complexity index is 349. The molecule has 0 aliphatic carbocycles. The summed E-state index contributed by atoms with van der Waals surface area (Å²) in [6, 6.07) is 7.17. The van der Waals surface area contributed by atoms with E-state index in [4.69, 9.17) is 10.5 Å². The molecule has 0 heterocycles. The summed E-state index contributed by atoms with van der Waals surface area (Å²) in [7, 11) is 0. The summed E-state index contributed by atoms with van der Waals surface area (Å²) >= 11 is 0. The molecule has 0 saturated carbocycles. The average Bonchev–Trinajstić information content (AvgIpc) is 2.25. The number of Topliss-reactive ketones (excluding diaryl/α,β-unsaturated/α-hetero) is 1. The highest BCUT2D eigenvalue weighted by atomic mass is 16.5. The number of ketones is 1. The molecule has 0 aliphatic rings. The molecular formula is C13H19NO2. The maximum Gasteiger partial charge on any atom is 0.162 e. The molecular weight excluding hydrogens is 202 g/mol. The van der Waals surface area contributed by atoms with Crippen LogP contribution in [0.25, 0.3) is 0 Å². The quantitative estimate of drug-likeness (QED) is 0.777. The van der Waals surface area contributed by atoms with E-state index in [1.165, 1.54) is 0 Å². The minimum absolute atomic E-state index is 0.144. The topological polar surface area (TPSA) is 52.3 Å². The van der Waals surface area contributed by atoms with Gasteiger partial charge in [0.2, 0.25) is 0 Å². The summed E-state index contributed by atoms with van der Waals surface area (Å²) in [6.45, 7) is 6.11. The molecule has 3 heteroatoms. The number of carbonyl (C=O) groups is 1. The van der Waals surface area contributed by atoms with E-state index in [0.717, 1.165) is 11.3 Å². The summed E-state index contributed by atoms with van der Waals surface area (Å²) in [5.74, 6) is 0.886. The summed E-state index contributed by atoms with van der Waals surface area (Å²) in [5, 5.41) is 0. The van der Waals surface area contributed by atoms with Crippen molar-refractivity contribution in [2.24, 2.45) is 5.73 Å². The fourth-order valence-corrected chi connectivity index (χ4v) is 1.21. The number of nitrogens with two attached hydrogens (primary N) is 1. The van der Waals surface area contributed by atoms with Crippen LogP contribution in [0.2, 0.25) is 0 Å². The second-order valence-electron chi connectivity index (χ2n) is 4.58. The van der Waals surface area contributed by atoms with Gasteiger partial charge in [0.25, 0.3) is 0 Å². The smallest absolute Gasteiger partial charge is 0.162 e. The van der Waals surface area contributed by atoms with Crippen LogP contribution in [0, 0.1) is 0 Å². The third-order valence-corrected chi connectivity index (χ3v) is 2.11. The third-order valence-electron chi connectivity index (χ3n) is 2.11. The van der Waals surface area contributed by atoms with E-state index >= 15 is 0 Å². The maximum atomic E-state index is 11.4. The molecule has 0 atom stereocenters. The monoisotopic (exact) mass is 221 g/mol. The Morgan fingerprint density at radius 1 is 1.31 bits per heavy atom.